The molecule has 6 aromatic rings. The lowest BCUT2D eigenvalue weighted by molar-refractivity contribution is 0.942. The van der Waals surface area contributed by atoms with E-state index in [1.165, 1.54) is 31.8 Å². The molecule has 0 fully saturated rings. The summed E-state index contributed by atoms with van der Waals surface area (Å²) in [5.41, 5.74) is 2.28. The van der Waals surface area contributed by atoms with Crippen LogP contribution in [0.1, 0.15) is 0 Å². The fourth-order valence-corrected chi connectivity index (χ4v) is 6.94. The van der Waals surface area contributed by atoms with Crippen molar-refractivity contribution in [2.75, 3.05) is 0 Å². The Labute approximate surface area is 197 Å². The predicted molar refractivity (Wildman–Crippen MR) is 136 cm³/mol. The number of nitrogens with one attached hydrogen (secondary N) is 2. The fraction of sp³-hybridized carbons (Fsp3) is 0. The normalized spacial score (nSPS) is 11.6. The lowest BCUT2D eigenvalue weighted by Gasteiger charge is -2.07. The molecule has 0 spiro atoms. The average molecular weight is 493 g/mol. The monoisotopic (exact) mass is 492 g/mol. The molecule has 4 heterocycles. The number of rotatable bonds is 2. The molecule has 0 unspecified atom stereocenters. The molecule has 10 heteroatoms. The van der Waals surface area contributed by atoms with Crippen LogP contribution in [0.3, 0.4) is 0 Å². The van der Waals surface area contributed by atoms with Gasteiger partial charge in [-0.2, -0.15) is 0 Å². The van der Waals surface area contributed by atoms with Gasteiger partial charge in [-0.25, -0.2) is 0 Å². The Morgan fingerprint density at radius 3 is 1.47 bits per heavy atom. The zero-order valence-electron chi connectivity index (χ0n) is 16.1. The van der Waals surface area contributed by atoms with E-state index in [9.17, 15) is 9.59 Å². The number of para-hydroxylation sites is 2. The first-order valence-corrected chi connectivity index (χ1v) is 12.0. The molecule has 32 heavy (non-hydrogen) atoms. The Bertz CT molecular complexity index is 1770. The van der Waals surface area contributed by atoms with Crippen molar-refractivity contribution in [2.45, 2.75) is 0 Å². The molecule has 6 nitrogen and oxygen atoms in total. The molecule has 0 saturated carbocycles. The number of thiophene rings is 2. The van der Waals surface area contributed by atoms with E-state index in [0.29, 0.717) is 41.4 Å². The van der Waals surface area contributed by atoms with E-state index < -0.39 is 0 Å². The van der Waals surface area contributed by atoms with Gasteiger partial charge in [-0.15, -0.1) is 22.7 Å². The molecular weight excluding hydrogens is 481 g/mol. The van der Waals surface area contributed by atoms with E-state index in [-0.39, 0.29) is 11.1 Å². The van der Waals surface area contributed by atoms with E-state index >= 15 is 0 Å². The highest BCUT2D eigenvalue weighted by molar-refractivity contribution is 7.71. The quantitative estimate of drug-likeness (QED) is 0.305. The van der Waals surface area contributed by atoms with Crippen molar-refractivity contribution >= 4 is 76.9 Å². The van der Waals surface area contributed by atoms with Gasteiger partial charge in [0.2, 0.25) is 0 Å². The number of H-pyrrole nitrogens is 2. The highest BCUT2D eigenvalue weighted by Gasteiger charge is 2.20. The largest absolute Gasteiger partial charge is 0.330 e. The number of hydrogen-bond donors (Lipinski definition) is 2. The summed E-state index contributed by atoms with van der Waals surface area (Å²) >= 11 is 13.8. The summed E-state index contributed by atoms with van der Waals surface area (Å²) in [6.07, 6.45) is 0. The van der Waals surface area contributed by atoms with Crippen molar-refractivity contribution in [3.63, 3.8) is 0 Å². The van der Waals surface area contributed by atoms with Gasteiger partial charge in [-0.1, -0.05) is 36.4 Å². The summed E-state index contributed by atoms with van der Waals surface area (Å²) < 4.78 is 5.54. The van der Waals surface area contributed by atoms with E-state index in [1.807, 2.05) is 60.7 Å². The van der Waals surface area contributed by atoms with Crippen LogP contribution in [-0.2, 0) is 0 Å². The molecule has 6 rings (SSSR count). The third-order valence-corrected chi connectivity index (χ3v) is 8.26. The Morgan fingerprint density at radius 1 is 0.656 bits per heavy atom. The molecule has 0 aliphatic heterocycles. The summed E-state index contributed by atoms with van der Waals surface area (Å²) in [4.78, 5) is 33.1. The summed E-state index contributed by atoms with van der Waals surface area (Å²) in [5, 5.41) is 0.775. The van der Waals surface area contributed by atoms with E-state index in [4.69, 9.17) is 24.4 Å². The van der Waals surface area contributed by atoms with Crippen LogP contribution in [0, 0.1) is 9.54 Å². The van der Waals surface area contributed by atoms with Gasteiger partial charge >= 0.3 is 0 Å². The first-order chi connectivity index (χ1) is 15.5. The maximum Gasteiger partial charge on any atom is 0.276 e. The molecule has 0 saturated heterocycles. The third-order valence-electron chi connectivity index (χ3n) is 5.24. The topological polar surface area (TPSA) is 75.6 Å². The van der Waals surface area contributed by atoms with E-state index in [1.54, 1.807) is 0 Å². The van der Waals surface area contributed by atoms with Crippen molar-refractivity contribution in [1.82, 2.24) is 19.1 Å². The van der Waals surface area contributed by atoms with Gasteiger partial charge in [0.1, 0.15) is 9.40 Å². The first-order valence-electron chi connectivity index (χ1n) is 9.55. The summed E-state index contributed by atoms with van der Waals surface area (Å²) in [6, 6.07) is 18.6. The Balaban J connectivity index is 1.71. The number of benzene rings is 2. The Morgan fingerprint density at radius 2 is 1.06 bits per heavy atom. The maximum atomic E-state index is 13.3. The first kappa shape index (κ1) is 19.5. The van der Waals surface area contributed by atoms with Crippen LogP contribution >= 0.6 is 47.1 Å². The van der Waals surface area contributed by atoms with Gasteiger partial charge in [0.25, 0.3) is 11.1 Å². The van der Waals surface area contributed by atoms with E-state index in [0.717, 1.165) is 9.40 Å². The van der Waals surface area contributed by atoms with Crippen LogP contribution in [-0.4, -0.2) is 19.1 Å². The Hall–Kier alpha value is -3.18. The second kappa shape index (κ2) is 7.17. The van der Waals surface area contributed by atoms with Crippen LogP contribution < -0.4 is 11.1 Å². The number of aromatic amines is 2. The van der Waals surface area contributed by atoms with E-state index in [2.05, 4.69) is 9.97 Å². The number of hydrogen-bond acceptors (Lipinski definition) is 6. The molecule has 0 radical (unpaired) electrons. The van der Waals surface area contributed by atoms with Gasteiger partial charge in [0.15, 0.2) is 9.54 Å². The minimum absolute atomic E-state index is 0.187. The van der Waals surface area contributed by atoms with Crippen LogP contribution in [0.2, 0.25) is 0 Å². The van der Waals surface area contributed by atoms with Gasteiger partial charge in [0.05, 0.1) is 31.8 Å². The molecule has 0 amide bonds. The molecule has 156 valence electrons. The lowest BCUT2D eigenvalue weighted by atomic mass is 10.3. The zero-order chi connectivity index (χ0) is 22.0. The summed E-state index contributed by atoms with van der Waals surface area (Å²) in [7, 11) is 0. The molecule has 4 aromatic heterocycles. The maximum absolute atomic E-state index is 13.3. The molecular formula is C22H12N4O2S4. The van der Waals surface area contributed by atoms with Crippen LogP contribution in [0.15, 0.2) is 70.3 Å². The second-order valence-corrected chi connectivity index (χ2v) is 10.2. The number of nitrogens with zero attached hydrogens (tertiary/aromatic N) is 2. The SMILES string of the molecule is O=c1c2sc3sc4c(=O)n(-c5ccccc5)c(=S)[nH]c4c3c2[nH]c(=S)n1-c1ccccc1. The lowest BCUT2D eigenvalue weighted by Crippen LogP contribution is -2.20. The third kappa shape index (κ3) is 2.74. The van der Waals surface area contributed by atoms with Crippen LogP contribution in [0.25, 0.3) is 41.2 Å². The average Bonchev–Trinajstić information content (AvgIpc) is 3.33. The fourth-order valence-electron chi connectivity index (χ4n) is 3.84. The molecule has 2 N–H and O–H groups in total. The van der Waals surface area contributed by atoms with Crippen LogP contribution in [0.4, 0.5) is 0 Å². The van der Waals surface area contributed by atoms with Gasteiger partial charge in [-0.05, 0) is 48.7 Å². The van der Waals surface area contributed by atoms with Crippen molar-refractivity contribution in [3.05, 3.63) is 90.9 Å². The van der Waals surface area contributed by atoms with Gasteiger partial charge in [-0.3, -0.25) is 18.7 Å². The van der Waals surface area contributed by atoms with Crippen molar-refractivity contribution in [1.29, 1.82) is 0 Å². The molecule has 2 aromatic carbocycles. The van der Waals surface area contributed by atoms with Crippen molar-refractivity contribution < 1.29 is 0 Å². The minimum Gasteiger partial charge on any atom is -0.330 e. The summed E-state index contributed by atoms with van der Waals surface area (Å²) in [6.45, 7) is 0. The second-order valence-electron chi connectivity index (χ2n) is 7.09. The summed E-state index contributed by atoms with van der Waals surface area (Å²) in [5.74, 6) is 0. The highest BCUT2D eigenvalue weighted by Crippen LogP contribution is 2.40. The van der Waals surface area contributed by atoms with Gasteiger partial charge in [0, 0.05) is 0 Å². The van der Waals surface area contributed by atoms with Gasteiger partial charge < -0.3 is 9.97 Å². The van der Waals surface area contributed by atoms with Crippen LogP contribution in [0.5, 0.6) is 0 Å². The smallest absolute Gasteiger partial charge is 0.276 e. The minimum atomic E-state index is -0.187. The number of aromatic nitrogens is 4. The molecule has 0 bridgehead atoms. The molecule has 0 aliphatic rings. The van der Waals surface area contributed by atoms with Crippen molar-refractivity contribution in [3.8, 4) is 11.4 Å². The Kier molecular flexibility index (Phi) is 4.37. The molecule has 0 atom stereocenters. The number of fused-ring (bicyclic) bond motifs is 5. The molecule has 0 aliphatic carbocycles. The zero-order valence-corrected chi connectivity index (χ0v) is 19.4. The predicted octanol–water partition coefficient (Wildman–Crippen LogP) is 5.69. The van der Waals surface area contributed by atoms with Crippen molar-refractivity contribution in [2.24, 2.45) is 0 Å². The highest BCUT2D eigenvalue weighted by atomic mass is 32.2. The standard InChI is InChI=1S/C22H12N4O2S4/c27-18-16-14(23-21(29)25(18)11-7-3-1-4-8-11)13-15-17(32-20(13)31-16)19(28)26(22(30)24-15)12-9-5-2-6-10-12/h1-10H,(H,23,29)(H,24,30).